The van der Waals surface area contributed by atoms with E-state index in [1.807, 2.05) is 24.3 Å². The number of nitrogens with zero attached hydrogens (tertiary/aromatic N) is 1. The molecule has 2 aromatic rings. The summed E-state index contributed by atoms with van der Waals surface area (Å²) in [6, 6.07) is 11.3. The molecule has 0 atom stereocenters. The molecule has 0 aliphatic rings. The third kappa shape index (κ3) is 3.76. The van der Waals surface area contributed by atoms with Crippen LogP contribution in [0.25, 0.3) is 0 Å². The van der Waals surface area contributed by atoms with Gasteiger partial charge in [-0.3, -0.25) is 10.1 Å². The third-order valence-electron chi connectivity index (χ3n) is 2.92. The minimum Gasteiger partial charge on any atom is -0.497 e. The second kappa shape index (κ2) is 6.81. The van der Waals surface area contributed by atoms with Gasteiger partial charge in [-0.05, 0) is 17.7 Å². The Balaban J connectivity index is 2.00. The Kier molecular flexibility index (Phi) is 4.84. The summed E-state index contributed by atoms with van der Waals surface area (Å²) in [6.07, 6.45) is 0. The van der Waals surface area contributed by atoms with Crippen LogP contribution in [0.15, 0.2) is 42.5 Å². The van der Waals surface area contributed by atoms with Gasteiger partial charge in [0.15, 0.2) is 0 Å². The molecule has 0 heterocycles. The molecule has 6 heteroatoms. The molecule has 2 aromatic carbocycles. The number of halogens is 1. The van der Waals surface area contributed by atoms with Crippen LogP contribution in [0.3, 0.4) is 0 Å². The molecule has 0 unspecified atom stereocenters. The van der Waals surface area contributed by atoms with Crippen LogP contribution >= 0.6 is 0 Å². The maximum absolute atomic E-state index is 13.8. The predicted octanol–water partition coefficient (Wildman–Crippen LogP) is 3.46. The van der Waals surface area contributed by atoms with Gasteiger partial charge in [0.1, 0.15) is 5.75 Å². The van der Waals surface area contributed by atoms with Crippen LogP contribution in [0.2, 0.25) is 0 Å². The minimum atomic E-state index is -0.854. The van der Waals surface area contributed by atoms with Crippen LogP contribution in [0.1, 0.15) is 11.1 Å². The van der Waals surface area contributed by atoms with Crippen molar-refractivity contribution in [1.29, 1.82) is 0 Å². The van der Waals surface area contributed by atoms with Gasteiger partial charge in [0, 0.05) is 11.6 Å². The fraction of sp³-hybridized carbons (Fsp3) is 0.200. The van der Waals surface area contributed by atoms with Crippen molar-refractivity contribution in [3.8, 4) is 5.75 Å². The molecule has 0 saturated carbocycles. The third-order valence-corrected chi connectivity index (χ3v) is 2.92. The average molecular weight is 291 g/mol. The van der Waals surface area contributed by atoms with Gasteiger partial charge in [0.05, 0.1) is 25.2 Å². The molecule has 21 heavy (non-hydrogen) atoms. The quantitative estimate of drug-likeness (QED) is 0.604. The lowest BCUT2D eigenvalue weighted by Crippen LogP contribution is -2.00. The topological polar surface area (TPSA) is 61.6 Å². The Hall–Kier alpha value is -2.47. The van der Waals surface area contributed by atoms with E-state index in [-0.39, 0.29) is 18.8 Å². The number of hydrogen-bond donors (Lipinski definition) is 0. The molecule has 0 spiro atoms. The van der Waals surface area contributed by atoms with Crippen LogP contribution in [0.5, 0.6) is 5.75 Å². The lowest BCUT2D eigenvalue weighted by molar-refractivity contribution is -0.387. The fourth-order valence-corrected chi connectivity index (χ4v) is 1.86. The summed E-state index contributed by atoms with van der Waals surface area (Å²) in [4.78, 5) is 9.90. The highest BCUT2D eigenvalue weighted by molar-refractivity contribution is 5.36. The van der Waals surface area contributed by atoms with E-state index in [9.17, 15) is 14.5 Å². The van der Waals surface area contributed by atoms with E-state index in [4.69, 9.17) is 9.47 Å². The first-order chi connectivity index (χ1) is 10.1. The molecule has 2 rings (SSSR count). The summed E-state index contributed by atoms with van der Waals surface area (Å²) >= 11 is 0. The number of nitro groups is 1. The van der Waals surface area contributed by atoms with Crippen molar-refractivity contribution in [3.05, 3.63) is 69.5 Å². The van der Waals surface area contributed by atoms with Crippen LogP contribution in [-0.4, -0.2) is 12.0 Å². The fourth-order valence-electron chi connectivity index (χ4n) is 1.86. The van der Waals surface area contributed by atoms with Gasteiger partial charge in [0.2, 0.25) is 5.82 Å². The number of nitro benzene ring substituents is 1. The lowest BCUT2D eigenvalue weighted by Gasteiger charge is -2.07. The number of rotatable bonds is 6. The van der Waals surface area contributed by atoms with Gasteiger partial charge in [-0.2, -0.15) is 4.39 Å². The Labute approximate surface area is 121 Å². The first-order valence-corrected chi connectivity index (χ1v) is 6.24. The van der Waals surface area contributed by atoms with E-state index in [0.717, 1.165) is 11.6 Å². The van der Waals surface area contributed by atoms with Gasteiger partial charge in [-0.25, -0.2) is 0 Å². The molecule has 110 valence electrons. The molecule has 0 aliphatic heterocycles. The summed E-state index contributed by atoms with van der Waals surface area (Å²) in [5, 5.41) is 10.7. The highest BCUT2D eigenvalue weighted by Gasteiger charge is 2.16. The number of ether oxygens (including phenoxy) is 2. The van der Waals surface area contributed by atoms with Crippen LogP contribution in [0.4, 0.5) is 10.1 Å². The van der Waals surface area contributed by atoms with Crippen LogP contribution in [0, 0.1) is 15.9 Å². The Morgan fingerprint density at radius 2 is 1.95 bits per heavy atom. The highest BCUT2D eigenvalue weighted by Crippen LogP contribution is 2.21. The van der Waals surface area contributed by atoms with Crippen molar-refractivity contribution in [1.82, 2.24) is 0 Å². The van der Waals surface area contributed by atoms with Crippen molar-refractivity contribution in [2.45, 2.75) is 13.2 Å². The van der Waals surface area contributed by atoms with Gasteiger partial charge in [0.25, 0.3) is 0 Å². The smallest absolute Gasteiger partial charge is 0.305 e. The molecule has 0 bridgehead atoms. The van der Waals surface area contributed by atoms with Crippen molar-refractivity contribution in [3.63, 3.8) is 0 Å². The highest BCUT2D eigenvalue weighted by atomic mass is 19.1. The maximum Gasteiger partial charge on any atom is 0.305 e. The molecule has 0 aromatic heterocycles. The van der Waals surface area contributed by atoms with Crippen molar-refractivity contribution >= 4 is 5.69 Å². The molecule has 5 nitrogen and oxygen atoms in total. The van der Waals surface area contributed by atoms with Crippen LogP contribution in [-0.2, 0) is 18.0 Å². The van der Waals surface area contributed by atoms with E-state index < -0.39 is 16.4 Å². The summed E-state index contributed by atoms with van der Waals surface area (Å²) in [7, 11) is 1.57. The number of benzene rings is 2. The average Bonchev–Trinajstić information content (AvgIpc) is 2.49. The zero-order valence-corrected chi connectivity index (χ0v) is 11.4. The molecule has 0 amide bonds. The number of methoxy groups -OCH3 is 1. The van der Waals surface area contributed by atoms with E-state index in [2.05, 4.69) is 0 Å². The van der Waals surface area contributed by atoms with E-state index in [1.54, 1.807) is 7.11 Å². The van der Waals surface area contributed by atoms with Gasteiger partial charge < -0.3 is 9.47 Å². The second-order valence-electron chi connectivity index (χ2n) is 4.35. The standard InChI is InChI=1S/C15H14FNO4/c1-20-13-6-2-4-11(8-13)9-21-10-12-5-3-7-14(15(12)16)17(18)19/h2-8H,9-10H2,1H3. The van der Waals surface area contributed by atoms with Crippen molar-refractivity contribution in [2.24, 2.45) is 0 Å². The minimum absolute atomic E-state index is 0.0370. The monoisotopic (exact) mass is 291 g/mol. The molecule has 0 radical (unpaired) electrons. The summed E-state index contributed by atoms with van der Waals surface area (Å²) in [5.74, 6) is -0.147. The van der Waals surface area contributed by atoms with E-state index in [0.29, 0.717) is 5.75 Å². The normalized spacial score (nSPS) is 10.4. The molecular formula is C15H14FNO4. The van der Waals surface area contributed by atoms with Gasteiger partial charge in [-0.15, -0.1) is 0 Å². The summed E-state index contributed by atoms with van der Waals surface area (Å²) in [5.41, 5.74) is 0.491. The summed E-state index contributed by atoms with van der Waals surface area (Å²) < 4.78 is 24.3. The van der Waals surface area contributed by atoms with Crippen LogP contribution < -0.4 is 4.74 Å². The first-order valence-electron chi connectivity index (χ1n) is 6.24. The molecular weight excluding hydrogens is 277 g/mol. The number of hydrogen-bond acceptors (Lipinski definition) is 4. The zero-order chi connectivity index (χ0) is 15.2. The molecule has 0 N–H and O–H groups in total. The van der Waals surface area contributed by atoms with E-state index in [1.165, 1.54) is 12.1 Å². The molecule has 0 aliphatic carbocycles. The lowest BCUT2D eigenvalue weighted by atomic mass is 10.2. The SMILES string of the molecule is COc1cccc(COCc2cccc([N+](=O)[O-])c2F)c1. The van der Waals surface area contributed by atoms with Crippen molar-refractivity contribution in [2.75, 3.05) is 7.11 Å². The van der Waals surface area contributed by atoms with Gasteiger partial charge in [-0.1, -0.05) is 24.3 Å². The first kappa shape index (κ1) is 14.9. The van der Waals surface area contributed by atoms with Gasteiger partial charge >= 0.3 is 5.69 Å². The molecule has 0 saturated heterocycles. The molecule has 0 fully saturated rings. The second-order valence-corrected chi connectivity index (χ2v) is 4.35. The maximum atomic E-state index is 13.8. The Morgan fingerprint density at radius 3 is 2.67 bits per heavy atom. The summed E-state index contributed by atoms with van der Waals surface area (Å²) in [6.45, 7) is 0.226. The predicted molar refractivity (Wildman–Crippen MR) is 74.5 cm³/mol. The zero-order valence-electron chi connectivity index (χ0n) is 11.4. The Morgan fingerprint density at radius 1 is 1.19 bits per heavy atom. The Bertz CT molecular complexity index is 645. The largest absolute Gasteiger partial charge is 0.497 e. The van der Waals surface area contributed by atoms with Crippen molar-refractivity contribution < 1.29 is 18.8 Å². The van der Waals surface area contributed by atoms with E-state index >= 15 is 0 Å².